The third-order valence-electron chi connectivity index (χ3n) is 5.63. The van der Waals surface area contributed by atoms with E-state index in [9.17, 15) is 5.26 Å². The van der Waals surface area contributed by atoms with E-state index in [2.05, 4.69) is 42.2 Å². The summed E-state index contributed by atoms with van der Waals surface area (Å²) in [6.45, 7) is 6.75. The third-order valence-corrected chi connectivity index (χ3v) is 5.63. The van der Waals surface area contributed by atoms with Crippen LogP contribution in [0.2, 0.25) is 0 Å². The number of nitriles is 1. The second kappa shape index (κ2) is 8.67. The lowest BCUT2D eigenvalue weighted by molar-refractivity contribution is 0.311. The van der Waals surface area contributed by atoms with Crippen LogP contribution in [-0.2, 0) is 0 Å². The molecule has 1 aromatic heterocycles. The molecule has 0 fully saturated rings. The number of rotatable bonds is 6. The Labute approximate surface area is 187 Å². The van der Waals surface area contributed by atoms with Crippen LogP contribution < -0.4 is 19.9 Å². The quantitative estimate of drug-likeness (QED) is 0.580. The zero-order valence-electron chi connectivity index (χ0n) is 18.6. The first-order chi connectivity index (χ1) is 15.5. The Hall–Kier alpha value is -3.92. The number of aromatic nitrogens is 2. The number of hydrogen-bond acceptors (Lipinski definition) is 6. The van der Waals surface area contributed by atoms with Crippen LogP contribution in [0, 0.1) is 11.3 Å². The normalized spacial score (nSPS) is 15.2. The van der Waals surface area contributed by atoms with Crippen LogP contribution in [0.25, 0.3) is 11.3 Å². The van der Waals surface area contributed by atoms with Crippen molar-refractivity contribution in [3.63, 3.8) is 0 Å². The van der Waals surface area contributed by atoms with Gasteiger partial charge in [0.05, 0.1) is 30.9 Å². The molecule has 0 unspecified atom stereocenters. The van der Waals surface area contributed by atoms with E-state index in [-0.39, 0.29) is 5.88 Å². The van der Waals surface area contributed by atoms with Crippen molar-refractivity contribution in [2.24, 2.45) is 5.73 Å². The molecule has 1 aliphatic rings. The van der Waals surface area contributed by atoms with Crippen molar-refractivity contribution in [2.45, 2.75) is 32.6 Å². The summed E-state index contributed by atoms with van der Waals surface area (Å²) in [5.74, 6) is 1.70. The van der Waals surface area contributed by atoms with Gasteiger partial charge in [0.1, 0.15) is 11.6 Å². The lowest BCUT2D eigenvalue weighted by Crippen LogP contribution is -2.21. The molecule has 164 valence electrons. The number of fused-ring (bicyclic) bond motifs is 1. The Kier molecular flexibility index (Phi) is 5.78. The van der Waals surface area contributed by atoms with E-state index in [4.69, 9.17) is 19.9 Å². The first-order valence-corrected chi connectivity index (χ1v) is 10.5. The second-order valence-electron chi connectivity index (χ2n) is 7.86. The van der Waals surface area contributed by atoms with Gasteiger partial charge in [-0.3, -0.25) is 5.10 Å². The smallest absolute Gasteiger partial charge is 0.244 e. The highest BCUT2D eigenvalue weighted by atomic mass is 16.5. The van der Waals surface area contributed by atoms with Crippen LogP contribution in [-0.4, -0.2) is 23.9 Å². The minimum atomic E-state index is -0.406. The molecule has 32 heavy (non-hydrogen) atoms. The van der Waals surface area contributed by atoms with E-state index < -0.39 is 5.92 Å². The number of nitrogens with two attached hydrogens (primary N) is 1. The molecule has 0 radical (unpaired) electrons. The van der Waals surface area contributed by atoms with Crippen molar-refractivity contribution in [2.75, 3.05) is 13.7 Å². The summed E-state index contributed by atoms with van der Waals surface area (Å²) < 4.78 is 16.9. The molecule has 2 heterocycles. The molecule has 2 aromatic carbocycles. The van der Waals surface area contributed by atoms with Crippen molar-refractivity contribution in [3.05, 3.63) is 70.6 Å². The number of H-pyrrole nitrogens is 1. The number of ether oxygens (including phenoxy) is 3. The summed E-state index contributed by atoms with van der Waals surface area (Å²) in [5, 5.41) is 17.3. The van der Waals surface area contributed by atoms with Gasteiger partial charge in [-0.25, -0.2) is 0 Å². The average molecular weight is 431 g/mol. The fraction of sp³-hybridized carbons (Fsp3) is 0.280. The maximum absolute atomic E-state index is 9.90. The van der Waals surface area contributed by atoms with Gasteiger partial charge in [0.2, 0.25) is 11.8 Å². The topological polar surface area (TPSA) is 106 Å². The van der Waals surface area contributed by atoms with Crippen molar-refractivity contribution in [3.8, 4) is 34.7 Å². The third kappa shape index (κ3) is 3.65. The number of aromatic amines is 1. The monoisotopic (exact) mass is 430 g/mol. The SMILES string of the molecule is CCOc1ccc(-c2[nH]nc3c2[C@H](c2ccc(C(C)C)cc2)C(C#N)=C(N)O3)cc1OC. The van der Waals surface area contributed by atoms with Gasteiger partial charge in [0.25, 0.3) is 0 Å². The first-order valence-electron chi connectivity index (χ1n) is 10.5. The van der Waals surface area contributed by atoms with Gasteiger partial charge in [-0.2, -0.15) is 5.26 Å². The molecule has 7 nitrogen and oxygen atoms in total. The highest BCUT2D eigenvalue weighted by molar-refractivity contribution is 5.73. The highest BCUT2D eigenvalue weighted by Gasteiger charge is 2.35. The van der Waals surface area contributed by atoms with Gasteiger partial charge >= 0.3 is 0 Å². The molecular formula is C25H26N4O3. The Bertz CT molecular complexity index is 1200. The lowest BCUT2D eigenvalue weighted by atomic mass is 9.82. The Morgan fingerprint density at radius 2 is 1.94 bits per heavy atom. The maximum atomic E-state index is 9.90. The zero-order valence-corrected chi connectivity index (χ0v) is 18.6. The van der Waals surface area contributed by atoms with Crippen LogP contribution in [0.1, 0.15) is 49.3 Å². The molecule has 0 aliphatic carbocycles. The van der Waals surface area contributed by atoms with Crippen molar-refractivity contribution < 1.29 is 14.2 Å². The van der Waals surface area contributed by atoms with Crippen molar-refractivity contribution >= 4 is 0 Å². The minimum Gasteiger partial charge on any atom is -0.493 e. The van der Waals surface area contributed by atoms with Gasteiger partial charge in [0, 0.05) is 5.56 Å². The van der Waals surface area contributed by atoms with E-state index in [0.717, 1.165) is 22.4 Å². The Morgan fingerprint density at radius 1 is 1.19 bits per heavy atom. The van der Waals surface area contributed by atoms with Crippen LogP contribution in [0.4, 0.5) is 0 Å². The summed E-state index contributed by atoms with van der Waals surface area (Å²) in [6, 6.07) is 16.1. The molecule has 0 bridgehead atoms. The summed E-state index contributed by atoms with van der Waals surface area (Å²) in [5.41, 5.74) is 11.0. The highest BCUT2D eigenvalue weighted by Crippen LogP contribution is 2.46. The number of nitrogens with zero attached hydrogens (tertiary/aromatic N) is 2. The number of allylic oxidation sites excluding steroid dienone is 1. The van der Waals surface area contributed by atoms with E-state index in [0.29, 0.717) is 35.5 Å². The van der Waals surface area contributed by atoms with E-state index in [1.807, 2.05) is 37.3 Å². The molecule has 0 amide bonds. The maximum Gasteiger partial charge on any atom is 0.244 e. The summed E-state index contributed by atoms with van der Waals surface area (Å²) in [7, 11) is 1.60. The molecule has 1 aliphatic heterocycles. The van der Waals surface area contributed by atoms with Gasteiger partial charge < -0.3 is 19.9 Å². The van der Waals surface area contributed by atoms with Crippen LogP contribution in [0.5, 0.6) is 17.4 Å². The summed E-state index contributed by atoms with van der Waals surface area (Å²) in [6.07, 6.45) is 0. The molecule has 3 aromatic rings. The molecule has 0 spiro atoms. The largest absolute Gasteiger partial charge is 0.493 e. The number of nitrogens with one attached hydrogen (secondary N) is 1. The van der Waals surface area contributed by atoms with Gasteiger partial charge in [-0.1, -0.05) is 38.1 Å². The molecule has 7 heteroatoms. The van der Waals surface area contributed by atoms with Crippen LogP contribution in [0.15, 0.2) is 53.9 Å². The number of benzene rings is 2. The van der Waals surface area contributed by atoms with Gasteiger partial charge in [-0.05, 0) is 42.2 Å². The minimum absolute atomic E-state index is 0.0697. The standard InChI is InChI=1S/C25H26N4O3/c1-5-31-19-11-10-17(12-20(19)30-4)23-22-21(16-8-6-15(7-9-16)14(2)3)18(13-26)24(27)32-25(22)29-28-23/h6-12,14,21H,5,27H2,1-4H3,(H,28,29)/t21-/m1/s1. The molecule has 0 saturated carbocycles. The summed E-state index contributed by atoms with van der Waals surface area (Å²) >= 11 is 0. The van der Waals surface area contributed by atoms with Crippen LogP contribution >= 0.6 is 0 Å². The van der Waals surface area contributed by atoms with Crippen LogP contribution in [0.3, 0.4) is 0 Å². The average Bonchev–Trinajstić information content (AvgIpc) is 3.22. The molecule has 3 N–H and O–H groups in total. The molecule has 0 saturated heterocycles. The fourth-order valence-corrected chi connectivity index (χ4v) is 3.97. The number of methoxy groups -OCH3 is 1. The fourth-order valence-electron chi connectivity index (χ4n) is 3.97. The molecule has 4 rings (SSSR count). The molecule has 1 atom stereocenters. The predicted molar refractivity (Wildman–Crippen MR) is 122 cm³/mol. The van der Waals surface area contributed by atoms with Crippen molar-refractivity contribution in [1.82, 2.24) is 10.2 Å². The first kappa shape index (κ1) is 21.3. The van der Waals surface area contributed by atoms with E-state index in [1.165, 1.54) is 5.56 Å². The Balaban J connectivity index is 1.86. The van der Waals surface area contributed by atoms with Gasteiger partial charge in [0.15, 0.2) is 11.5 Å². The lowest BCUT2D eigenvalue weighted by Gasteiger charge is -2.24. The zero-order chi connectivity index (χ0) is 22.8. The Morgan fingerprint density at radius 3 is 2.56 bits per heavy atom. The van der Waals surface area contributed by atoms with E-state index in [1.54, 1.807) is 7.11 Å². The second-order valence-corrected chi connectivity index (χ2v) is 7.86. The molecular weight excluding hydrogens is 404 g/mol. The number of hydrogen-bond donors (Lipinski definition) is 2. The van der Waals surface area contributed by atoms with Gasteiger partial charge in [-0.15, -0.1) is 5.10 Å². The van der Waals surface area contributed by atoms with Crippen molar-refractivity contribution in [1.29, 1.82) is 5.26 Å². The summed E-state index contributed by atoms with van der Waals surface area (Å²) in [4.78, 5) is 0. The predicted octanol–water partition coefficient (Wildman–Crippen LogP) is 4.83. The van der Waals surface area contributed by atoms with E-state index >= 15 is 0 Å².